The van der Waals surface area contributed by atoms with Gasteiger partial charge in [0, 0.05) is 28.4 Å². The normalized spacial score (nSPS) is 15.7. The predicted molar refractivity (Wildman–Crippen MR) is 92.6 cm³/mol. The van der Waals surface area contributed by atoms with Crippen LogP contribution in [0.5, 0.6) is 17.2 Å². The average molecular weight is 348 g/mol. The highest BCUT2D eigenvalue weighted by Crippen LogP contribution is 2.41. The van der Waals surface area contributed by atoms with Crippen LogP contribution in [0.4, 0.5) is 5.69 Å². The number of benzene rings is 2. The van der Waals surface area contributed by atoms with Crippen molar-refractivity contribution in [3.8, 4) is 17.2 Å². The van der Waals surface area contributed by atoms with Crippen LogP contribution in [0.25, 0.3) is 0 Å². The van der Waals surface area contributed by atoms with E-state index in [0.29, 0.717) is 28.7 Å². The van der Waals surface area contributed by atoms with Crippen molar-refractivity contribution in [1.82, 2.24) is 0 Å². The van der Waals surface area contributed by atoms with E-state index >= 15 is 0 Å². The lowest BCUT2D eigenvalue weighted by Crippen LogP contribution is -2.15. The summed E-state index contributed by atoms with van der Waals surface area (Å²) in [6.07, 6.45) is 0.455. The standard InChI is InChI=1S/C18H18ClNO4/c1-22-11-7-16(23-2)14(17(8-11)24-3)9-13-12-5-4-10(19)6-15(12)20-18(13)21/h4-8,13H,9H2,1-3H3,(H,20,21). The van der Waals surface area contributed by atoms with E-state index in [-0.39, 0.29) is 11.8 Å². The number of hydrogen-bond donors (Lipinski definition) is 1. The Morgan fingerprint density at radius 1 is 1.04 bits per heavy atom. The SMILES string of the molecule is COc1cc(OC)c(CC2C(=O)Nc3cc(Cl)ccc32)c(OC)c1. The molecular formula is C18H18ClNO4. The van der Waals surface area contributed by atoms with Crippen LogP contribution in [0.15, 0.2) is 30.3 Å². The highest BCUT2D eigenvalue weighted by Gasteiger charge is 2.32. The number of halogens is 1. The first kappa shape index (κ1) is 16.5. The molecule has 0 saturated heterocycles. The fourth-order valence-corrected chi connectivity index (χ4v) is 3.16. The van der Waals surface area contributed by atoms with Crippen molar-refractivity contribution in [3.63, 3.8) is 0 Å². The topological polar surface area (TPSA) is 56.8 Å². The molecule has 2 aromatic rings. The Labute approximate surface area is 145 Å². The van der Waals surface area contributed by atoms with Gasteiger partial charge in [-0.25, -0.2) is 0 Å². The zero-order valence-corrected chi connectivity index (χ0v) is 14.4. The first-order valence-electron chi connectivity index (χ1n) is 7.46. The van der Waals surface area contributed by atoms with Gasteiger partial charge in [-0.15, -0.1) is 0 Å². The first-order chi connectivity index (χ1) is 11.6. The molecule has 0 fully saturated rings. The van der Waals surface area contributed by atoms with E-state index < -0.39 is 0 Å². The van der Waals surface area contributed by atoms with Gasteiger partial charge >= 0.3 is 0 Å². The molecule has 0 aliphatic carbocycles. The summed E-state index contributed by atoms with van der Waals surface area (Å²) in [7, 11) is 4.75. The van der Waals surface area contributed by atoms with E-state index in [0.717, 1.165) is 16.8 Å². The fourth-order valence-electron chi connectivity index (χ4n) is 2.99. The number of ether oxygens (including phenoxy) is 3. The van der Waals surface area contributed by atoms with Gasteiger partial charge in [-0.3, -0.25) is 4.79 Å². The van der Waals surface area contributed by atoms with E-state index in [9.17, 15) is 4.79 Å². The summed E-state index contributed by atoms with van der Waals surface area (Å²) in [5.41, 5.74) is 2.50. The van der Waals surface area contributed by atoms with Gasteiger partial charge in [-0.05, 0) is 24.1 Å². The molecule has 1 heterocycles. The minimum Gasteiger partial charge on any atom is -0.496 e. The van der Waals surface area contributed by atoms with Crippen molar-refractivity contribution in [2.45, 2.75) is 12.3 Å². The number of rotatable bonds is 5. The molecule has 1 unspecified atom stereocenters. The maximum Gasteiger partial charge on any atom is 0.232 e. The molecule has 1 amide bonds. The third-order valence-corrected chi connectivity index (χ3v) is 4.43. The number of nitrogens with one attached hydrogen (secondary N) is 1. The Balaban J connectivity index is 2.01. The lowest BCUT2D eigenvalue weighted by atomic mass is 9.92. The number of methoxy groups -OCH3 is 3. The monoisotopic (exact) mass is 347 g/mol. The maximum absolute atomic E-state index is 12.4. The molecule has 5 nitrogen and oxygen atoms in total. The summed E-state index contributed by atoms with van der Waals surface area (Å²) >= 11 is 6.00. The Hall–Kier alpha value is -2.40. The number of fused-ring (bicyclic) bond motifs is 1. The average Bonchev–Trinajstić information content (AvgIpc) is 2.89. The molecule has 0 saturated carbocycles. The minimum atomic E-state index is -0.325. The maximum atomic E-state index is 12.4. The van der Waals surface area contributed by atoms with E-state index in [4.69, 9.17) is 25.8 Å². The van der Waals surface area contributed by atoms with Crippen LogP contribution in [0.3, 0.4) is 0 Å². The van der Waals surface area contributed by atoms with Gasteiger partial charge in [0.05, 0.1) is 27.2 Å². The van der Waals surface area contributed by atoms with Crippen molar-refractivity contribution >= 4 is 23.2 Å². The Morgan fingerprint density at radius 3 is 2.29 bits per heavy atom. The molecular weight excluding hydrogens is 330 g/mol. The zero-order valence-electron chi connectivity index (χ0n) is 13.7. The van der Waals surface area contributed by atoms with Gasteiger partial charge in [0.2, 0.25) is 5.91 Å². The second-order valence-electron chi connectivity index (χ2n) is 5.49. The van der Waals surface area contributed by atoms with E-state index in [2.05, 4.69) is 5.32 Å². The van der Waals surface area contributed by atoms with Crippen LogP contribution in [0, 0.1) is 0 Å². The van der Waals surface area contributed by atoms with Crippen molar-refractivity contribution < 1.29 is 19.0 Å². The van der Waals surface area contributed by atoms with Crippen molar-refractivity contribution in [2.24, 2.45) is 0 Å². The highest BCUT2D eigenvalue weighted by molar-refractivity contribution is 6.31. The third kappa shape index (κ3) is 2.87. The van der Waals surface area contributed by atoms with Crippen LogP contribution in [0.2, 0.25) is 5.02 Å². The zero-order chi connectivity index (χ0) is 17.3. The summed E-state index contributed by atoms with van der Waals surface area (Å²) in [4.78, 5) is 12.4. The van der Waals surface area contributed by atoms with Gasteiger partial charge < -0.3 is 19.5 Å². The van der Waals surface area contributed by atoms with E-state index in [1.165, 1.54) is 0 Å². The molecule has 0 bridgehead atoms. The second kappa shape index (κ2) is 6.61. The number of carbonyl (C=O) groups is 1. The molecule has 3 rings (SSSR count). The molecule has 126 valence electrons. The molecule has 0 spiro atoms. The van der Waals surface area contributed by atoms with E-state index in [1.807, 2.05) is 6.07 Å². The molecule has 1 atom stereocenters. The predicted octanol–water partition coefficient (Wildman–Crippen LogP) is 3.64. The number of anilines is 1. The molecule has 0 radical (unpaired) electrons. The smallest absolute Gasteiger partial charge is 0.232 e. The van der Waals surface area contributed by atoms with Crippen molar-refractivity contribution in [3.05, 3.63) is 46.5 Å². The molecule has 24 heavy (non-hydrogen) atoms. The largest absolute Gasteiger partial charge is 0.496 e. The summed E-state index contributed by atoms with van der Waals surface area (Å²) in [6, 6.07) is 9.00. The molecule has 6 heteroatoms. The molecule has 0 aromatic heterocycles. The third-order valence-electron chi connectivity index (χ3n) is 4.19. The highest BCUT2D eigenvalue weighted by atomic mass is 35.5. The summed E-state index contributed by atoms with van der Waals surface area (Å²) in [5, 5.41) is 3.47. The van der Waals surface area contributed by atoms with Crippen LogP contribution in [-0.4, -0.2) is 27.2 Å². The fraction of sp³-hybridized carbons (Fsp3) is 0.278. The second-order valence-corrected chi connectivity index (χ2v) is 5.92. The number of amides is 1. The molecule has 1 N–H and O–H groups in total. The number of carbonyl (C=O) groups excluding carboxylic acids is 1. The molecule has 1 aliphatic heterocycles. The molecule has 2 aromatic carbocycles. The van der Waals surface area contributed by atoms with Crippen molar-refractivity contribution in [1.29, 1.82) is 0 Å². The summed E-state index contributed by atoms with van der Waals surface area (Å²) < 4.78 is 16.2. The van der Waals surface area contributed by atoms with Crippen molar-refractivity contribution in [2.75, 3.05) is 26.6 Å². The van der Waals surface area contributed by atoms with Crippen LogP contribution in [0.1, 0.15) is 17.0 Å². The Morgan fingerprint density at radius 2 is 1.71 bits per heavy atom. The van der Waals surface area contributed by atoms with Gasteiger partial charge in [-0.2, -0.15) is 0 Å². The lowest BCUT2D eigenvalue weighted by molar-refractivity contribution is -0.117. The van der Waals surface area contributed by atoms with Gasteiger partial charge in [0.15, 0.2) is 0 Å². The van der Waals surface area contributed by atoms with Gasteiger partial charge in [0.1, 0.15) is 17.2 Å². The Kier molecular flexibility index (Phi) is 4.53. The van der Waals surface area contributed by atoms with Crippen LogP contribution >= 0.6 is 11.6 Å². The van der Waals surface area contributed by atoms with Gasteiger partial charge in [-0.1, -0.05) is 17.7 Å². The van der Waals surface area contributed by atoms with Gasteiger partial charge in [0.25, 0.3) is 0 Å². The van der Waals surface area contributed by atoms with Crippen LogP contribution < -0.4 is 19.5 Å². The first-order valence-corrected chi connectivity index (χ1v) is 7.84. The van der Waals surface area contributed by atoms with Crippen LogP contribution in [-0.2, 0) is 11.2 Å². The lowest BCUT2D eigenvalue weighted by Gasteiger charge is -2.17. The quantitative estimate of drug-likeness (QED) is 0.897. The minimum absolute atomic E-state index is 0.0628. The molecule has 1 aliphatic rings. The van der Waals surface area contributed by atoms with E-state index in [1.54, 1.807) is 45.6 Å². The summed E-state index contributed by atoms with van der Waals surface area (Å²) in [5.74, 6) is 1.50. The Bertz CT molecular complexity index is 766. The summed E-state index contributed by atoms with van der Waals surface area (Å²) in [6.45, 7) is 0. The number of hydrogen-bond acceptors (Lipinski definition) is 4.